The van der Waals surface area contributed by atoms with Gasteiger partial charge in [0.25, 0.3) is 0 Å². The second-order valence-corrected chi connectivity index (χ2v) is 7.50. The minimum absolute atomic E-state index is 0.214. The van der Waals surface area contributed by atoms with Gasteiger partial charge in [-0.2, -0.15) is 0 Å². The number of para-hydroxylation sites is 1. The monoisotopic (exact) mass is 304 g/mol. The van der Waals surface area contributed by atoms with E-state index in [2.05, 4.69) is 0 Å². The first-order valence-electron chi connectivity index (χ1n) is 3.97. The molecule has 1 atom stereocenters. The highest BCUT2D eigenvalue weighted by Crippen LogP contribution is 2.47. The fraction of sp³-hybridized carbons (Fsp3) is 0.250. The van der Waals surface area contributed by atoms with Crippen LogP contribution in [0.3, 0.4) is 0 Å². The molecular formula is C8H8Cl3O2PS. The van der Waals surface area contributed by atoms with E-state index in [0.717, 1.165) is 0 Å². The molecular weight excluding hydrogens is 297 g/mol. The van der Waals surface area contributed by atoms with E-state index in [1.165, 1.54) is 0 Å². The SMILES string of the molecule is OP(=S)(CCCl)Oc1c(Cl)cccc1Cl. The first-order chi connectivity index (χ1) is 6.96. The Morgan fingerprint density at radius 2 is 1.87 bits per heavy atom. The van der Waals surface area contributed by atoms with Crippen molar-refractivity contribution in [1.82, 2.24) is 0 Å². The summed E-state index contributed by atoms with van der Waals surface area (Å²) < 4.78 is 5.24. The molecule has 1 unspecified atom stereocenters. The van der Waals surface area contributed by atoms with Gasteiger partial charge in [-0.25, -0.2) is 0 Å². The van der Waals surface area contributed by atoms with Gasteiger partial charge in [0.05, 0.1) is 10.0 Å². The molecule has 1 aromatic carbocycles. The molecule has 0 amide bonds. The van der Waals surface area contributed by atoms with Gasteiger partial charge in [-0.05, 0) is 23.9 Å². The lowest BCUT2D eigenvalue weighted by Crippen LogP contribution is -1.98. The van der Waals surface area contributed by atoms with E-state index in [4.69, 9.17) is 51.1 Å². The molecule has 0 aliphatic rings. The number of hydrogen-bond acceptors (Lipinski definition) is 2. The Hall–Kier alpha value is 0.500. The first kappa shape index (κ1) is 13.6. The molecule has 0 aromatic heterocycles. The number of benzene rings is 1. The van der Waals surface area contributed by atoms with Crippen LogP contribution in [0.4, 0.5) is 0 Å². The molecule has 0 bridgehead atoms. The summed E-state index contributed by atoms with van der Waals surface area (Å²) in [5.41, 5.74) is 0. The minimum Gasteiger partial charge on any atom is -0.440 e. The van der Waals surface area contributed by atoms with Gasteiger partial charge in [0.2, 0.25) is 6.49 Å². The van der Waals surface area contributed by atoms with Gasteiger partial charge in [0, 0.05) is 12.0 Å². The van der Waals surface area contributed by atoms with Crippen LogP contribution in [0.2, 0.25) is 10.0 Å². The quantitative estimate of drug-likeness (QED) is 0.675. The molecule has 1 N–H and O–H groups in total. The van der Waals surface area contributed by atoms with Gasteiger partial charge in [-0.1, -0.05) is 29.3 Å². The molecule has 0 spiro atoms. The van der Waals surface area contributed by atoms with Crippen molar-refractivity contribution >= 4 is 53.1 Å². The van der Waals surface area contributed by atoms with Crippen LogP contribution < -0.4 is 4.52 Å². The smallest absolute Gasteiger partial charge is 0.236 e. The van der Waals surface area contributed by atoms with Gasteiger partial charge in [-0.15, -0.1) is 11.6 Å². The maximum atomic E-state index is 9.72. The van der Waals surface area contributed by atoms with Gasteiger partial charge in [0.15, 0.2) is 5.75 Å². The van der Waals surface area contributed by atoms with Crippen molar-refractivity contribution in [2.45, 2.75) is 0 Å². The summed E-state index contributed by atoms with van der Waals surface area (Å²) in [5, 5.41) is 0.640. The third-order valence-corrected chi connectivity index (χ3v) is 4.60. The van der Waals surface area contributed by atoms with Crippen LogP contribution >= 0.6 is 41.3 Å². The Kier molecular flexibility index (Phi) is 5.17. The highest BCUT2D eigenvalue weighted by atomic mass is 35.5. The minimum atomic E-state index is -2.94. The van der Waals surface area contributed by atoms with E-state index in [1.807, 2.05) is 0 Å². The first-order valence-corrected chi connectivity index (χ1v) is 8.12. The van der Waals surface area contributed by atoms with E-state index in [-0.39, 0.29) is 17.8 Å². The molecule has 1 rings (SSSR count). The van der Waals surface area contributed by atoms with Crippen molar-refractivity contribution in [2.24, 2.45) is 0 Å². The van der Waals surface area contributed by atoms with Gasteiger partial charge < -0.3 is 9.42 Å². The van der Waals surface area contributed by atoms with E-state index in [1.54, 1.807) is 18.2 Å². The molecule has 0 aliphatic carbocycles. The summed E-state index contributed by atoms with van der Waals surface area (Å²) in [4.78, 5) is 9.72. The van der Waals surface area contributed by atoms with Crippen molar-refractivity contribution in [1.29, 1.82) is 0 Å². The zero-order valence-corrected chi connectivity index (χ0v) is 11.5. The summed E-state index contributed by atoms with van der Waals surface area (Å²) in [7, 11) is 0. The maximum absolute atomic E-state index is 9.72. The van der Waals surface area contributed by atoms with Crippen LogP contribution in [0.25, 0.3) is 0 Å². The zero-order chi connectivity index (χ0) is 11.5. The molecule has 0 aliphatic heterocycles. The van der Waals surface area contributed by atoms with Crippen LogP contribution in [0.5, 0.6) is 5.75 Å². The Morgan fingerprint density at radius 1 is 1.33 bits per heavy atom. The summed E-state index contributed by atoms with van der Waals surface area (Å²) >= 11 is 22.1. The predicted molar refractivity (Wildman–Crippen MR) is 69.2 cm³/mol. The average molecular weight is 306 g/mol. The molecule has 7 heteroatoms. The van der Waals surface area contributed by atoms with Crippen LogP contribution in [-0.2, 0) is 11.8 Å². The highest BCUT2D eigenvalue weighted by molar-refractivity contribution is 8.09. The maximum Gasteiger partial charge on any atom is 0.236 e. The Balaban J connectivity index is 2.94. The summed E-state index contributed by atoms with van der Waals surface area (Å²) in [6, 6.07) is 4.90. The number of rotatable bonds is 4. The Labute approximate surface area is 108 Å². The largest absolute Gasteiger partial charge is 0.440 e. The predicted octanol–water partition coefficient (Wildman–Crippen LogP) is 3.91. The molecule has 84 valence electrons. The third kappa shape index (κ3) is 4.10. The van der Waals surface area contributed by atoms with E-state index in [9.17, 15) is 4.89 Å². The Morgan fingerprint density at radius 3 is 2.33 bits per heavy atom. The highest BCUT2D eigenvalue weighted by Gasteiger charge is 2.18. The van der Waals surface area contributed by atoms with Crippen molar-refractivity contribution in [2.75, 3.05) is 12.0 Å². The fourth-order valence-electron chi connectivity index (χ4n) is 0.865. The Bertz CT molecular complexity index is 379. The molecule has 0 radical (unpaired) electrons. The summed E-state index contributed by atoms with van der Waals surface area (Å²) in [5.74, 6) is 0.451. The van der Waals surface area contributed by atoms with Crippen molar-refractivity contribution < 1.29 is 9.42 Å². The van der Waals surface area contributed by atoms with Gasteiger partial charge >= 0.3 is 0 Å². The summed E-state index contributed by atoms with van der Waals surface area (Å²) in [6.45, 7) is -2.94. The van der Waals surface area contributed by atoms with Gasteiger partial charge in [-0.3, -0.25) is 0 Å². The lowest BCUT2D eigenvalue weighted by molar-refractivity contribution is 0.485. The lowest BCUT2D eigenvalue weighted by Gasteiger charge is -2.17. The van der Waals surface area contributed by atoms with E-state index >= 15 is 0 Å². The molecule has 0 saturated heterocycles. The van der Waals surface area contributed by atoms with E-state index in [0.29, 0.717) is 10.0 Å². The second kappa shape index (κ2) is 5.72. The normalized spacial score (nSPS) is 14.7. The molecule has 1 aromatic rings. The lowest BCUT2D eigenvalue weighted by atomic mass is 10.3. The molecule has 0 saturated carbocycles. The van der Waals surface area contributed by atoms with Crippen LogP contribution in [-0.4, -0.2) is 16.9 Å². The van der Waals surface area contributed by atoms with Crippen molar-refractivity contribution in [3.8, 4) is 5.75 Å². The van der Waals surface area contributed by atoms with Crippen LogP contribution in [0, 0.1) is 0 Å². The van der Waals surface area contributed by atoms with Gasteiger partial charge in [0.1, 0.15) is 0 Å². The zero-order valence-electron chi connectivity index (χ0n) is 7.49. The standard InChI is InChI=1S/C8H8Cl3O2PS/c9-4-5-14(12,15)13-8-6(10)2-1-3-7(8)11/h1-3H,4-5H2,(H,12,15). The van der Waals surface area contributed by atoms with Crippen molar-refractivity contribution in [3.63, 3.8) is 0 Å². The summed E-state index contributed by atoms with van der Waals surface area (Å²) in [6.07, 6.45) is 0.214. The molecule has 0 fully saturated rings. The second-order valence-electron chi connectivity index (χ2n) is 2.69. The number of alkyl halides is 1. The molecule has 15 heavy (non-hydrogen) atoms. The number of hydrogen-bond donors (Lipinski definition) is 1. The average Bonchev–Trinajstić information content (AvgIpc) is 2.11. The van der Waals surface area contributed by atoms with Crippen molar-refractivity contribution in [3.05, 3.63) is 28.2 Å². The third-order valence-electron chi connectivity index (χ3n) is 1.52. The van der Waals surface area contributed by atoms with E-state index < -0.39 is 6.49 Å². The topological polar surface area (TPSA) is 29.5 Å². The fourth-order valence-corrected chi connectivity index (χ4v) is 3.72. The molecule has 0 heterocycles. The molecule has 2 nitrogen and oxygen atoms in total. The van der Waals surface area contributed by atoms with Crippen LogP contribution in [0.15, 0.2) is 18.2 Å². The number of halogens is 3. The van der Waals surface area contributed by atoms with Crippen LogP contribution in [0.1, 0.15) is 0 Å².